The normalized spacial score (nSPS) is 18.3. The van der Waals surface area contributed by atoms with Crippen molar-refractivity contribution in [1.29, 1.82) is 0 Å². The smallest absolute Gasteiger partial charge is 0.277 e. The number of hydrazone groups is 1. The number of nitrogens with zero attached hydrogens (tertiary/aromatic N) is 3. The van der Waals surface area contributed by atoms with Crippen LogP contribution in [-0.4, -0.2) is 48.4 Å². The van der Waals surface area contributed by atoms with Gasteiger partial charge in [0.25, 0.3) is 5.91 Å². The summed E-state index contributed by atoms with van der Waals surface area (Å²) in [5.74, 6) is 0.569. The third-order valence-corrected chi connectivity index (χ3v) is 6.63. The van der Waals surface area contributed by atoms with Gasteiger partial charge >= 0.3 is 0 Å². The number of rotatable bonds is 6. The highest BCUT2D eigenvalue weighted by Gasteiger charge is 2.31. The lowest BCUT2D eigenvalue weighted by Crippen LogP contribution is -2.24. The maximum Gasteiger partial charge on any atom is 0.277 e. The lowest BCUT2D eigenvalue weighted by Gasteiger charge is -2.10. The van der Waals surface area contributed by atoms with Crippen LogP contribution in [0.25, 0.3) is 0 Å². The average Bonchev–Trinajstić information content (AvgIpc) is 3.12. The van der Waals surface area contributed by atoms with Gasteiger partial charge in [-0.25, -0.2) is 13.8 Å². The van der Waals surface area contributed by atoms with Crippen molar-refractivity contribution in [2.45, 2.75) is 40.2 Å². The maximum atomic E-state index is 12.0. The molecule has 1 atom stereocenters. The molecule has 1 saturated heterocycles. The lowest BCUT2D eigenvalue weighted by atomic mass is 10.1. The van der Waals surface area contributed by atoms with E-state index < -0.39 is 9.84 Å². The molecular formula is C20H26N4O4S. The minimum Gasteiger partial charge on any atom is -0.484 e. The predicted molar refractivity (Wildman–Crippen MR) is 111 cm³/mol. The fraction of sp³-hybridized carbons (Fsp3) is 0.450. The number of carbonyl (C=O) groups excluding carboxylic acids is 1. The van der Waals surface area contributed by atoms with Gasteiger partial charge in [0.2, 0.25) is 0 Å². The van der Waals surface area contributed by atoms with Gasteiger partial charge in [0.1, 0.15) is 5.75 Å². The highest BCUT2D eigenvalue weighted by molar-refractivity contribution is 7.91. The van der Waals surface area contributed by atoms with Crippen LogP contribution in [0.15, 0.2) is 23.3 Å². The largest absolute Gasteiger partial charge is 0.484 e. The number of aryl methyl sites for hydroxylation is 3. The van der Waals surface area contributed by atoms with Gasteiger partial charge in [-0.3, -0.25) is 9.48 Å². The van der Waals surface area contributed by atoms with Crippen LogP contribution in [0.1, 0.15) is 40.5 Å². The molecule has 0 bridgehead atoms. The highest BCUT2D eigenvalue weighted by Crippen LogP contribution is 2.26. The first-order chi connectivity index (χ1) is 13.6. The van der Waals surface area contributed by atoms with Crippen molar-refractivity contribution in [2.24, 2.45) is 5.10 Å². The van der Waals surface area contributed by atoms with Crippen LogP contribution in [0, 0.1) is 27.7 Å². The Bertz CT molecular complexity index is 1040. The van der Waals surface area contributed by atoms with E-state index in [0.717, 1.165) is 28.1 Å². The molecule has 0 unspecified atom stereocenters. The van der Waals surface area contributed by atoms with E-state index in [1.54, 1.807) is 4.68 Å². The van der Waals surface area contributed by atoms with Gasteiger partial charge in [-0.2, -0.15) is 10.2 Å². The minimum atomic E-state index is -2.99. The van der Waals surface area contributed by atoms with Crippen molar-refractivity contribution in [3.05, 3.63) is 46.3 Å². The van der Waals surface area contributed by atoms with Gasteiger partial charge in [-0.15, -0.1) is 0 Å². The summed E-state index contributed by atoms with van der Waals surface area (Å²) >= 11 is 0. The van der Waals surface area contributed by atoms with Crippen molar-refractivity contribution in [2.75, 3.05) is 18.1 Å². The van der Waals surface area contributed by atoms with Crippen LogP contribution in [0.2, 0.25) is 0 Å². The van der Waals surface area contributed by atoms with E-state index in [1.807, 2.05) is 45.9 Å². The third-order valence-electron chi connectivity index (χ3n) is 4.88. The van der Waals surface area contributed by atoms with Crippen LogP contribution in [0.3, 0.4) is 0 Å². The molecule has 1 amide bonds. The molecule has 2 aromatic rings. The predicted octanol–water partition coefficient (Wildman–Crippen LogP) is 2.01. The van der Waals surface area contributed by atoms with Crippen molar-refractivity contribution >= 4 is 22.0 Å². The molecule has 2 heterocycles. The van der Waals surface area contributed by atoms with Gasteiger partial charge in [0, 0.05) is 11.3 Å². The topological polar surface area (TPSA) is 103 Å². The van der Waals surface area contributed by atoms with E-state index in [4.69, 9.17) is 4.74 Å². The van der Waals surface area contributed by atoms with Crippen molar-refractivity contribution in [1.82, 2.24) is 15.2 Å². The summed E-state index contributed by atoms with van der Waals surface area (Å²) < 4.78 is 30.7. The summed E-state index contributed by atoms with van der Waals surface area (Å²) in [6, 6.07) is 5.62. The van der Waals surface area contributed by atoms with Crippen LogP contribution >= 0.6 is 0 Å². The molecule has 1 aliphatic rings. The Hall–Kier alpha value is -2.68. The zero-order valence-electron chi connectivity index (χ0n) is 17.1. The molecule has 1 aromatic heterocycles. The molecule has 156 valence electrons. The first-order valence-corrected chi connectivity index (χ1v) is 11.3. The van der Waals surface area contributed by atoms with E-state index in [-0.39, 0.29) is 30.1 Å². The summed E-state index contributed by atoms with van der Waals surface area (Å²) in [6.45, 7) is 7.50. The van der Waals surface area contributed by atoms with Gasteiger partial charge in [-0.05, 0) is 57.4 Å². The van der Waals surface area contributed by atoms with Crippen LogP contribution in [0.5, 0.6) is 5.75 Å². The van der Waals surface area contributed by atoms with Gasteiger partial charge < -0.3 is 4.74 Å². The second-order valence-corrected chi connectivity index (χ2v) is 9.72. The third kappa shape index (κ3) is 5.23. The quantitative estimate of drug-likeness (QED) is 0.571. The number of amides is 1. The van der Waals surface area contributed by atoms with E-state index in [9.17, 15) is 13.2 Å². The Morgan fingerprint density at radius 1 is 1.28 bits per heavy atom. The Balaban J connectivity index is 1.59. The maximum absolute atomic E-state index is 12.0. The Morgan fingerprint density at radius 3 is 2.59 bits per heavy atom. The van der Waals surface area contributed by atoms with E-state index in [1.165, 1.54) is 6.21 Å². The minimum absolute atomic E-state index is 0.109. The highest BCUT2D eigenvalue weighted by atomic mass is 32.2. The number of ether oxygens (including phenoxy) is 1. The van der Waals surface area contributed by atoms with Crippen molar-refractivity contribution < 1.29 is 17.9 Å². The standard InChI is InChI=1S/C20H26N4O4S/c1-13-7-14(2)9-18(8-13)28-11-20(25)22-21-10-19-15(3)23-24(16(19)4)17-5-6-29(26,27)12-17/h7-10,17H,5-6,11-12H2,1-4H3,(H,22,25)/b21-10-/t17-/m1/s1. The molecule has 29 heavy (non-hydrogen) atoms. The molecule has 0 spiro atoms. The molecule has 9 heteroatoms. The van der Waals surface area contributed by atoms with Gasteiger partial charge in [-0.1, -0.05) is 6.07 Å². The second-order valence-electron chi connectivity index (χ2n) is 7.49. The Kier molecular flexibility index (Phi) is 6.07. The zero-order valence-corrected chi connectivity index (χ0v) is 17.9. The van der Waals surface area contributed by atoms with Crippen molar-refractivity contribution in [3.63, 3.8) is 0 Å². The SMILES string of the molecule is Cc1cc(C)cc(OCC(=O)N/N=C\c2c(C)nn([C@@H]3CCS(=O)(=O)C3)c2C)c1. The molecule has 1 aromatic carbocycles. The second kappa shape index (κ2) is 8.36. The Labute approximate surface area is 170 Å². The van der Waals surface area contributed by atoms with Crippen molar-refractivity contribution in [3.8, 4) is 5.75 Å². The lowest BCUT2D eigenvalue weighted by molar-refractivity contribution is -0.123. The average molecular weight is 419 g/mol. The number of nitrogens with one attached hydrogen (secondary N) is 1. The summed E-state index contributed by atoms with van der Waals surface area (Å²) in [5, 5.41) is 8.47. The van der Waals surface area contributed by atoms with E-state index in [0.29, 0.717) is 12.2 Å². The van der Waals surface area contributed by atoms with Crippen LogP contribution < -0.4 is 10.2 Å². The molecule has 3 rings (SSSR count). The van der Waals surface area contributed by atoms with E-state index in [2.05, 4.69) is 15.6 Å². The van der Waals surface area contributed by atoms with Gasteiger partial charge in [0.05, 0.1) is 29.5 Å². The number of sulfone groups is 1. The molecule has 1 aliphatic heterocycles. The first-order valence-electron chi connectivity index (χ1n) is 9.44. The number of hydrogen-bond donors (Lipinski definition) is 1. The first kappa shape index (κ1) is 21.0. The van der Waals surface area contributed by atoms with Crippen LogP contribution in [-0.2, 0) is 14.6 Å². The molecule has 1 fully saturated rings. The number of hydrogen-bond acceptors (Lipinski definition) is 6. The monoisotopic (exact) mass is 418 g/mol. The Morgan fingerprint density at radius 2 is 1.97 bits per heavy atom. The van der Waals surface area contributed by atoms with Crippen LogP contribution in [0.4, 0.5) is 0 Å². The number of aromatic nitrogens is 2. The fourth-order valence-corrected chi connectivity index (χ4v) is 5.24. The summed E-state index contributed by atoms with van der Waals surface area (Å²) in [7, 11) is -2.99. The summed E-state index contributed by atoms with van der Waals surface area (Å²) in [4.78, 5) is 12.0. The molecular weight excluding hydrogens is 392 g/mol. The summed E-state index contributed by atoms with van der Waals surface area (Å²) in [5.41, 5.74) is 6.91. The number of carbonyl (C=O) groups is 1. The molecule has 1 N–H and O–H groups in total. The zero-order chi connectivity index (χ0) is 21.2. The van der Waals surface area contributed by atoms with Gasteiger partial charge in [0.15, 0.2) is 16.4 Å². The molecule has 0 aliphatic carbocycles. The molecule has 8 nitrogen and oxygen atoms in total. The summed E-state index contributed by atoms with van der Waals surface area (Å²) in [6.07, 6.45) is 2.10. The molecule has 0 radical (unpaired) electrons. The molecule has 0 saturated carbocycles. The van der Waals surface area contributed by atoms with E-state index >= 15 is 0 Å². The fourth-order valence-electron chi connectivity index (χ4n) is 3.55. The number of benzene rings is 1.